The van der Waals surface area contributed by atoms with Crippen molar-refractivity contribution in [2.45, 2.75) is 33.2 Å². The summed E-state index contributed by atoms with van der Waals surface area (Å²) in [5.74, 6) is 0.610. The highest BCUT2D eigenvalue weighted by Crippen LogP contribution is 2.23. The van der Waals surface area contributed by atoms with Gasteiger partial charge >= 0.3 is 0 Å². The van der Waals surface area contributed by atoms with Gasteiger partial charge in [0.1, 0.15) is 0 Å². The van der Waals surface area contributed by atoms with Crippen LogP contribution in [0, 0.1) is 5.92 Å². The number of aromatic nitrogens is 1. The fraction of sp³-hybridized carbons (Fsp3) is 0.583. The molecule has 0 spiro atoms. The minimum Gasteiger partial charge on any atom is -0.309 e. The van der Waals surface area contributed by atoms with Crippen molar-refractivity contribution in [1.29, 1.82) is 0 Å². The van der Waals surface area contributed by atoms with Gasteiger partial charge in [0.25, 0.3) is 0 Å². The SMILES string of the molecule is CCNC(c1ccc(Br)cn1)C(C)CC. The monoisotopic (exact) mass is 270 g/mol. The van der Waals surface area contributed by atoms with E-state index in [9.17, 15) is 0 Å². The standard InChI is InChI=1S/C12H19BrN2/c1-4-9(3)12(14-5-2)11-7-6-10(13)8-15-11/h6-9,12,14H,4-5H2,1-3H3. The van der Waals surface area contributed by atoms with E-state index in [1.54, 1.807) is 0 Å². The number of pyridine rings is 1. The van der Waals surface area contributed by atoms with Gasteiger partial charge in [-0.1, -0.05) is 27.2 Å². The van der Waals surface area contributed by atoms with Crippen LogP contribution < -0.4 is 5.32 Å². The van der Waals surface area contributed by atoms with Crippen LogP contribution in [-0.2, 0) is 0 Å². The van der Waals surface area contributed by atoms with Crippen molar-refractivity contribution in [2.24, 2.45) is 5.92 Å². The van der Waals surface area contributed by atoms with Crippen LogP contribution in [0.3, 0.4) is 0 Å². The van der Waals surface area contributed by atoms with Crippen molar-refractivity contribution in [2.75, 3.05) is 6.54 Å². The third-order valence-corrected chi connectivity index (χ3v) is 3.18. The minimum absolute atomic E-state index is 0.369. The van der Waals surface area contributed by atoms with E-state index in [1.807, 2.05) is 6.20 Å². The maximum absolute atomic E-state index is 4.46. The Bertz CT molecular complexity index is 284. The van der Waals surface area contributed by atoms with Crippen LogP contribution in [0.2, 0.25) is 0 Å². The fourth-order valence-electron chi connectivity index (χ4n) is 1.62. The molecule has 0 saturated heterocycles. The van der Waals surface area contributed by atoms with Crippen LogP contribution >= 0.6 is 15.9 Å². The van der Waals surface area contributed by atoms with Crippen molar-refractivity contribution in [3.05, 3.63) is 28.5 Å². The van der Waals surface area contributed by atoms with Gasteiger partial charge in [-0.2, -0.15) is 0 Å². The Morgan fingerprint density at radius 2 is 2.13 bits per heavy atom. The normalized spacial score (nSPS) is 14.9. The third-order valence-electron chi connectivity index (χ3n) is 2.71. The van der Waals surface area contributed by atoms with Crippen LogP contribution in [0.4, 0.5) is 0 Å². The van der Waals surface area contributed by atoms with Crippen molar-refractivity contribution in [3.8, 4) is 0 Å². The molecular weight excluding hydrogens is 252 g/mol. The van der Waals surface area contributed by atoms with Crippen LogP contribution in [0.25, 0.3) is 0 Å². The van der Waals surface area contributed by atoms with Gasteiger partial charge < -0.3 is 5.32 Å². The summed E-state index contributed by atoms with van der Waals surface area (Å²) in [6, 6.07) is 4.51. The molecule has 84 valence electrons. The highest BCUT2D eigenvalue weighted by atomic mass is 79.9. The van der Waals surface area contributed by atoms with Crippen LogP contribution in [0.15, 0.2) is 22.8 Å². The average Bonchev–Trinajstić information content (AvgIpc) is 2.26. The molecular formula is C12H19BrN2. The number of nitrogens with zero attached hydrogens (tertiary/aromatic N) is 1. The second-order valence-corrected chi connectivity index (χ2v) is 4.74. The first-order valence-corrected chi connectivity index (χ1v) is 6.33. The molecule has 2 nitrogen and oxygen atoms in total. The third kappa shape index (κ3) is 3.58. The smallest absolute Gasteiger partial charge is 0.0576 e. The zero-order valence-corrected chi connectivity index (χ0v) is 11.2. The van der Waals surface area contributed by atoms with Gasteiger partial charge in [-0.25, -0.2) is 0 Å². The molecule has 0 aliphatic rings. The number of hydrogen-bond donors (Lipinski definition) is 1. The van der Waals surface area contributed by atoms with E-state index in [0.717, 1.165) is 23.1 Å². The summed E-state index contributed by atoms with van der Waals surface area (Å²) < 4.78 is 1.03. The molecule has 0 fully saturated rings. The Morgan fingerprint density at radius 3 is 2.60 bits per heavy atom. The highest BCUT2D eigenvalue weighted by molar-refractivity contribution is 9.10. The Balaban J connectivity index is 2.83. The van der Waals surface area contributed by atoms with Gasteiger partial charge in [-0.15, -0.1) is 0 Å². The number of halogens is 1. The van der Waals surface area contributed by atoms with E-state index >= 15 is 0 Å². The van der Waals surface area contributed by atoms with Gasteiger partial charge in [0, 0.05) is 10.7 Å². The summed E-state index contributed by atoms with van der Waals surface area (Å²) in [5.41, 5.74) is 1.13. The van der Waals surface area contributed by atoms with Crippen LogP contribution in [0.5, 0.6) is 0 Å². The number of hydrogen-bond acceptors (Lipinski definition) is 2. The summed E-state index contributed by atoms with van der Waals surface area (Å²) in [6.07, 6.45) is 3.03. The van der Waals surface area contributed by atoms with Crippen LogP contribution in [-0.4, -0.2) is 11.5 Å². The zero-order chi connectivity index (χ0) is 11.3. The second kappa shape index (κ2) is 6.23. The predicted molar refractivity (Wildman–Crippen MR) is 67.8 cm³/mol. The molecule has 1 N–H and O–H groups in total. The van der Waals surface area contributed by atoms with Crippen molar-refractivity contribution >= 4 is 15.9 Å². The predicted octanol–water partition coefficient (Wildman–Crippen LogP) is 3.54. The van der Waals surface area contributed by atoms with Gasteiger partial charge in [0.15, 0.2) is 0 Å². The van der Waals surface area contributed by atoms with E-state index in [0.29, 0.717) is 12.0 Å². The molecule has 2 atom stereocenters. The molecule has 1 aromatic rings. The van der Waals surface area contributed by atoms with E-state index in [-0.39, 0.29) is 0 Å². The van der Waals surface area contributed by atoms with Gasteiger partial charge in [-0.3, -0.25) is 4.98 Å². The van der Waals surface area contributed by atoms with Crippen molar-refractivity contribution in [1.82, 2.24) is 10.3 Å². The molecule has 1 aromatic heterocycles. The molecule has 1 heterocycles. The maximum atomic E-state index is 4.46. The molecule has 2 unspecified atom stereocenters. The second-order valence-electron chi connectivity index (χ2n) is 3.82. The molecule has 0 radical (unpaired) electrons. The summed E-state index contributed by atoms with van der Waals surface area (Å²) in [6.45, 7) is 7.59. The van der Waals surface area contributed by atoms with Crippen LogP contribution in [0.1, 0.15) is 38.9 Å². The summed E-state index contributed by atoms with van der Waals surface area (Å²) in [5, 5.41) is 3.49. The largest absolute Gasteiger partial charge is 0.309 e. The molecule has 0 aromatic carbocycles. The lowest BCUT2D eigenvalue weighted by Gasteiger charge is -2.23. The Hall–Kier alpha value is -0.410. The molecule has 0 bridgehead atoms. The summed E-state index contributed by atoms with van der Waals surface area (Å²) in [4.78, 5) is 4.46. The Labute approximate surface area is 101 Å². The first-order chi connectivity index (χ1) is 7.19. The maximum Gasteiger partial charge on any atom is 0.0576 e. The number of rotatable bonds is 5. The Morgan fingerprint density at radius 1 is 1.40 bits per heavy atom. The summed E-state index contributed by atoms with van der Waals surface area (Å²) in [7, 11) is 0. The highest BCUT2D eigenvalue weighted by Gasteiger charge is 2.17. The van der Waals surface area contributed by atoms with Crippen molar-refractivity contribution in [3.63, 3.8) is 0 Å². The topological polar surface area (TPSA) is 24.9 Å². The average molecular weight is 271 g/mol. The zero-order valence-electron chi connectivity index (χ0n) is 9.63. The molecule has 0 aliphatic heterocycles. The van der Waals surface area contributed by atoms with E-state index in [4.69, 9.17) is 0 Å². The molecule has 3 heteroatoms. The molecule has 15 heavy (non-hydrogen) atoms. The van der Waals surface area contributed by atoms with E-state index in [1.165, 1.54) is 0 Å². The molecule has 1 rings (SSSR count). The Kier molecular flexibility index (Phi) is 5.26. The number of nitrogens with one attached hydrogen (secondary N) is 1. The fourth-order valence-corrected chi connectivity index (χ4v) is 1.86. The minimum atomic E-state index is 0.369. The summed E-state index contributed by atoms with van der Waals surface area (Å²) >= 11 is 3.40. The van der Waals surface area contributed by atoms with Crippen molar-refractivity contribution < 1.29 is 0 Å². The van der Waals surface area contributed by atoms with E-state index in [2.05, 4.69) is 59.1 Å². The molecule has 0 aliphatic carbocycles. The first kappa shape index (κ1) is 12.7. The quantitative estimate of drug-likeness (QED) is 0.886. The first-order valence-electron chi connectivity index (χ1n) is 5.53. The molecule has 0 saturated carbocycles. The van der Waals surface area contributed by atoms with Gasteiger partial charge in [0.2, 0.25) is 0 Å². The van der Waals surface area contributed by atoms with Gasteiger partial charge in [-0.05, 0) is 40.5 Å². The lowest BCUT2D eigenvalue weighted by Crippen LogP contribution is -2.27. The lowest BCUT2D eigenvalue weighted by atomic mass is 9.96. The van der Waals surface area contributed by atoms with Gasteiger partial charge in [0.05, 0.1) is 11.7 Å². The lowest BCUT2D eigenvalue weighted by molar-refractivity contribution is 0.376. The van der Waals surface area contributed by atoms with E-state index < -0.39 is 0 Å². The molecule has 0 amide bonds.